The number of rotatable bonds is 6. The molecule has 6 nitrogen and oxygen atoms in total. The van der Waals surface area contributed by atoms with Crippen LogP contribution in [0.4, 0.5) is 5.69 Å². The first-order valence-corrected chi connectivity index (χ1v) is 11.3. The Morgan fingerprint density at radius 2 is 1.90 bits per heavy atom. The molecule has 0 radical (unpaired) electrons. The smallest absolute Gasteiger partial charge is 0.191 e. The third-order valence-electron chi connectivity index (χ3n) is 6.68. The van der Waals surface area contributed by atoms with Crippen LogP contribution in [0.25, 0.3) is 11.0 Å². The first-order chi connectivity index (χ1) is 15.2. The maximum absolute atomic E-state index is 13.1. The van der Waals surface area contributed by atoms with Crippen LogP contribution in [0.2, 0.25) is 0 Å². The standard InChI is InChI=1S/C25H30N4O2/c1-31-11-10-29-23(17-6-8-26-9-7-17)15-24(30)22-14-21(16-27-25(22)29)28-20-12-18-4-2-3-5-19(18)13-20/h2-5,14-17,20,26,28H,6-13H2,1H3. The summed E-state index contributed by atoms with van der Waals surface area (Å²) >= 11 is 0. The molecule has 0 unspecified atom stereocenters. The highest BCUT2D eigenvalue weighted by Crippen LogP contribution is 2.28. The summed E-state index contributed by atoms with van der Waals surface area (Å²) in [5.41, 5.74) is 5.64. The van der Waals surface area contributed by atoms with Crippen LogP contribution in [-0.2, 0) is 24.1 Å². The molecular weight excluding hydrogens is 388 g/mol. The van der Waals surface area contributed by atoms with Crippen molar-refractivity contribution in [1.29, 1.82) is 0 Å². The van der Waals surface area contributed by atoms with Gasteiger partial charge in [0.1, 0.15) is 5.65 Å². The van der Waals surface area contributed by atoms with Crippen LogP contribution >= 0.6 is 0 Å². The Morgan fingerprint density at radius 1 is 1.16 bits per heavy atom. The van der Waals surface area contributed by atoms with E-state index in [-0.39, 0.29) is 5.43 Å². The average molecular weight is 419 g/mol. The molecule has 0 amide bonds. The van der Waals surface area contributed by atoms with Crippen LogP contribution in [-0.4, -0.2) is 42.4 Å². The summed E-state index contributed by atoms with van der Waals surface area (Å²) in [5.74, 6) is 0.381. The highest BCUT2D eigenvalue weighted by atomic mass is 16.5. The van der Waals surface area contributed by atoms with Gasteiger partial charge in [-0.25, -0.2) is 4.98 Å². The Bertz CT molecular complexity index is 1110. The van der Waals surface area contributed by atoms with E-state index in [1.807, 2.05) is 18.3 Å². The molecule has 1 aliphatic heterocycles. The average Bonchev–Trinajstić information content (AvgIpc) is 3.21. The Kier molecular flexibility index (Phi) is 5.74. The van der Waals surface area contributed by atoms with Gasteiger partial charge in [-0.15, -0.1) is 0 Å². The predicted molar refractivity (Wildman–Crippen MR) is 124 cm³/mol. The van der Waals surface area contributed by atoms with Crippen LogP contribution in [0.5, 0.6) is 0 Å². The fourth-order valence-electron chi connectivity index (χ4n) is 5.12. The number of aromatic nitrogens is 2. The SMILES string of the molecule is COCCn1c(C2CCNCC2)cc(=O)c2cc(NC3Cc4ccccc4C3)cnc21. The molecule has 2 N–H and O–H groups in total. The van der Waals surface area contributed by atoms with Crippen molar-refractivity contribution in [2.75, 3.05) is 32.1 Å². The molecule has 0 bridgehead atoms. The summed E-state index contributed by atoms with van der Waals surface area (Å²) in [5, 5.41) is 7.69. The molecule has 1 aromatic carbocycles. The largest absolute Gasteiger partial charge is 0.383 e. The number of hydrogen-bond donors (Lipinski definition) is 2. The highest BCUT2D eigenvalue weighted by Gasteiger charge is 2.23. The van der Waals surface area contributed by atoms with E-state index in [4.69, 9.17) is 9.72 Å². The maximum atomic E-state index is 13.1. The lowest BCUT2D eigenvalue weighted by Crippen LogP contribution is -2.29. The molecule has 3 heterocycles. The molecule has 0 spiro atoms. The lowest BCUT2D eigenvalue weighted by molar-refractivity contribution is 0.186. The van der Waals surface area contributed by atoms with Gasteiger partial charge in [-0.3, -0.25) is 4.79 Å². The van der Waals surface area contributed by atoms with E-state index < -0.39 is 0 Å². The van der Waals surface area contributed by atoms with E-state index in [2.05, 4.69) is 39.5 Å². The quantitative estimate of drug-likeness (QED) is 0.644. The van der Waals surface area contributed by atoms with Crippen molar-refractivity contribution in [1.82, 2.24) is 14.9 Å². The molecule has 0 saturated carbocycles. The summed E-state index contributed by atoms with van der Waals surface area (Å²) < 4.78 is 7.56. The van der Waals surface area contributed by atoms with E-state index in [0.29, 0.717) is 30.5 Å². The number of pyridine rings is 2. The number of nitrogens with one attached hydrogen (secondary N) is 2. The molecular formula is C25H30N4O2. The van der Waals surface area contributed by atoms with Gasteiger partial charge in [0, 0.05) is 37.4 Å². The zero-order valence-electron chi connectivity index (χ0n) is 18.1. The normalized spacial score (nSPS) is 17.2. The number of nitrogens with zero attached hydrogens (tertiary/aromatic N) is 2. The number of anilines is 1. The van der Waals surface area contributed by atoms with Crippen molar-refractivity contribution < 1.29 is 4.74 Å². The second-order valence-corrected chi connectivity index (χ2v) is 8.72. The van der Waals surface area contributed by atoms with Crippen LogP contribution in [0.3, 0.4) is 0 Å². The predicted octanol–water partition coefficient (Wildman–Crippen LogP) is 3.09. The number of ether oxygens (including phenoxy) is 1. The molecule has 2 aromatic heterocycles. The number of fused-ring (bicyclic) bond motifs is 2. The van der Waals surface area contributed by atoms with Crippen LogP contribution in [0, 0.1) is 0 Å². The van der Waals surface area contributed by atoms with Gasteiger partial charge in [0.15, 0.2) is 5.43 Å². The van der Waals surface area contributed by atoms with Crippen molar-refractivity contribution in [3.8, 4) is 0 Å². The van der Waals surface area contributed by atoms with Gasteiger partial charge in [0.05, 0.1) is 23.9 Å². The summed E-state index contributed by atoms with van der Waals surface area (Å²) in [4.78, 5) is 17.9. The van der Waals surface area contributed by atoms with Crippen LogP contribution in [0.15, 0.2) is 47.4 Å². The van der Waals surface area contributed by atoms with Crippen molar-refractivity contribution in [2.24, 2.45) is 0 Å². The Balaban J connectivity index is 1.47. The minimum atomic E-state index is 0.0584. The third-order valence-corrected chi connectivity index (χ3v) is 6.68. The van der Waals surface area contributed by atoms with Gasteiger partial charge in [-0.05, 0) is 56.0 Å². The van der Waals surface area contributed by atoms with Crippen molar-refractivity contribution in [3.63, 3.8) is 0 Å². The zero-order valence-corrected chi connectivity index (χ0v) is 18.1. The molecule has 5 rings (SSSR count). The molecule has 31 heavy (non-hydrogen) atoms. The van der Waals surface area contributed by atoms with Gasteiger partial charge in [0.25, 0.3) is 0 Å². The molecule has 2 aliphatic rings. The molecule has 1 aliphatic carbocycles. The number of hydrogen-bond acceptors (Lipinski definition) is 5. The lowest BCUT2D eigenvalue weighted by atomic mass is 9.93. The Labute approximate surface area is 182 Å². The monoisotopic (exact) mass is 418 g/mol. The van der Waals surface area contributed by atoms with Gasteiger partial charge < -0.3 is 19.9 Å². The molecule has 3 aromatic rings. The fourth-order valence-corrected chi connectivity index (χ4v) is 5.12. The topological polar surface area (TPSA) is 68.2 Å². The number of methoxy groups -OCH3 is 1. The van der Waals surface area contributed by atoms with Crippen molar-refractivity contribution >= 4 is 16.7 Å². The van der Waals surface area contributed by atoms with E-state index in [9.17, 15) is 4.79 Å². The first kappa shape index (κ1) is 20.2. The fraction of sp³-hybridized carbons (Fsp3) is 0.440. The van der Waals surface area contributed by atoms with Gasteiger partial charge in [0.2, 0.25) is 0 Å². The zero-order chi connectivity index (χ0) is 21.2. The molecule has 1 saturated heterocycles. The van der Waals surface area contributed by atoms with E-state index >= 15 is 0 Å². The van der Waals surface area contributed by atoms with Gasteiger partial charge in [-0.1, -0.05) is 24.3 Å². The van der Waals surface area contributed by atoms with Gasteiger partial charge in [-0.2, -0.15) is 0 Å². The van der Waals surface area contributed by atoms with E-state index in [0.717, 1.165) is 55.8 Å². The molecule has 162 valence electrons. The molecule has 6 heteroatoms. The van der Waals surface area contributed by atoms with Crippen LogP contribution in [0.1, 0.15) is 35.6 Å². The summed E-state index contributed by atoms with van der Waals surface area (Å²) in [7, 11) is 1.71. The summed E-state index contributed by atoms with van der Waals surface area (Å²) in [6.07, 6.45) is 5.96. The lowest BCUT2D eigenvalue weighted by Gasteiger charge is -2.27. The highest BCUT2D eigenvalue weighted by molar-refractivity contribution is 5.79. The second-order valence-electron chi connectivity index (χ2n) is 8.72. The Hall–Kier alpha value is -2.70. The van der Waals surface area contributed by atoms with Crippen molar-refractivity contribution in [2.45, 2.75) is 44.2 Å². The minimum Gasteiger partial charge on any atom is -0.383 e. The second kappa shape index (κ2) is 8.81. The van der Waals surface area contributed by atoms with Crippen molar-refractivity contribution in [3.05, 3.63) is 69.6 Å². The van der Waals surface area contributed by atoms with E-state index in [1.165, 1.54) is 11.1 Å². The first-order valence-electron chi connectivity index (χ1n) is 11.3. The van der Waals surface area contributed by atoms with Crippen LogP contribution < -0.4 is 16.1 Å². The summed E-state index contributed by atoms with van der Waals surface area (Å²) in [6.45, 7) is 3.27. The number of benzene rings is 1. The molecule has 0 atom stereocenters. The Morgan fingerprint density at radius 3 is 2.61 bits per heavy atom. The summed E-state index contributed by atoms with van der Waals surface area (Å²) in [6, 6.07) is 12.7. The third kappa shape index (κ3) is 4.10. The maximum Gasteiger partial charge on any atom is 0.191 e. The molecule has 1 fully saturated rings. The van der Waals surface area contributed by atoms with E-state index in [1.54, 1.807) is 7.11 Å². The minimum absolute atomic E-state index is 0.0584. The number of piperidine rings is 1. The van der Waals surface area contributed by atoms with Gasteiger partial charge >= 0.3 is 0 Å².